The van der Waals surface area contributed by atoms with E-state index < -0.39 is 0 Å². The van der Waals surface area contributed by atoms with Crippen LogP contribution in [0.1, 0.15) is 33.1 Å². The Balaban J connectivity index is 3.77. The maximum absolute atomic E-state index is 10.0. The largest absolute Gasteiger partial charge is 0.303 e. The molecule has 0 saturated heterocycles. The van der Waals surface area contributed by atoms with E-state index in [1.54, 1.807) is 0 Å². The number of carbonyl (C=O) groups is 1. The molecular formula is C10H16O. The Bertz CT molecular complexity index is 154. The van der Waals surface area contributed by atoms with Crippen LogP contribution in [0, 0.1) is 0 Å². The van der Waals surface area contributed by atoms with Gasteiger partial charge in [-0.25, -0.2) is 0 Å². The molecule has 11 heavy (non-hydrogen) atoms. The Hall–Kier alpha value is -0.850. The number of aldehydes is 1. The maximum Gasteiger partial charge on any atom is 0.120 e. The van der Waals surface area contributed by atoms with Crippen LogP contribution in [-0.2, 0) is 4.79 Å². The number of carbonyl (C=O) groups excluding carboxylic acids is 1. The van der Waals surface area contributed by atoms with Gasteiger partial charge in [0.15, 0.2) is 0 Å². The van der Waals surface area contributed by atoms with Crippen LogP contribution in [0.2, 0.25) is 0 Å². The van der Waals surface area contributed by atoms with Crippen LogP contribution < -0.4 is 0 Å². The lowest BCUT2D eigenvalue weighted by atomic mass is 10.1. The van der Waals surface area contributed by atoms with Gasteiger partial charge < -0.3 is 4.79 Å². The molecule has 0 spiro atoms. The number of rotatable bonds is 5. The molecule has 62 valence electrons. The molecule has 0 fully saturated rings. The molecule has 0 aromatic heterocycles. The van der Waals surface area contributed by atoms with Crippen molar-refractivity contribution in [2.45, 2.75) is 33.1 Å². The standard InChI is InChI=1S/C10H16O/c1-3-5-7-10(4-2)8-6-9-11/h4-5,7,9H,3,6,8H2,1-2H3/b7-5-,10-4+. The first-order valence-corrected chi connectivity index (χ1v) is 4.10. The van der Waals surface area contributed by atoms with Crippen molar-refractivity contribution in [1.29, 1.82) is 0 Å². The van der Waals surface area contributed by atoms with E-state index in [0.717, 1.165) is 19.1 Å². The Morgan fingerprint density at radius 2 is 2.18 bits per heavy atom. The monoisotopic (exact) mass is 152 g/mol. The smallest absolute Gasteiger partial charge is 0.120 e. The molecule has 0 N–H and O–H groups in total. The average molecular weight is 152 g/mol. The highest BCUT2D eigenvalue weighted by Gasteiger charge is 1.88. The van der Waals surface area contributed by atoms with Crippen LogP contribution in [-0.4, -0.2) is 6.29 Å². The zero-order chi connectivity index (χ0) is 8.53. The van der Waals surface area contributed by atoms with Crippen molar-refractivity contribution >= 4 is 6.29 Å². The first-order valence-electron chi connectivity index (χ1n) is 4.10. The lowest BCUT2D eigenvalue weighted by Crippen LogP contribution is -1.79. The van der Waals surface area contributed by atoms with Crippen LogP contribution in [0.4, 0.5) is 0 Å². The summed E-state index contributed by atoms with van der Waals surface area (Å²) in [5.74, 6) is 0. The molecule has 0 radical (unpaired) electrons. The van der Waals surface area contributed by atoms with Crippen LogP contribution >= 0.6 is 0 Å². The van der Waals surface area contributed by atoms with Gasteiger partial charge in [0.25, 0.3) is 0 Å². The summed E-state index contributed by atoms with van der Waals surface area (Å²) in [6.07, 6.45) is 9.77. The van der Waals surface area contributed by atoms with E-state index in [1.807, 2.05) is 6.92 Å². The first kappa shape index (κ1) is 10.2. The molecule has 0 atom stereocenters. The summed E-state index contributed by atoms with van der Waals surface area (Å²) in [5.41, 5.74) is 1.25. The zero-order valence-corrected chi connectivity index (χ0v) is 7.34. The van der Waals surface area contributed by atoms with Crippen molar-refractivity contribution in [3.63, 3.8) is 0 Å². The lowest BCUT2D eigenvalue weighted by molar-refractivity contribution is -0.107. The fourth-order valence-corrected chi connectivity index (χ4v) is 0.819. The predicted octanol–water partition coefficient (Wildman–Crippen LogP) is 2.88. The molecule has 0 aromatic carbocycles. The summed E-state index contributed by atoms with van der Waals surface area (Å²) in [5, 5.41) is 0. The minimum absolute atomic E-state index is 0.633. The van der Waals surface area contributed by atoms with Crippen LogP contribution in [0.15, 0.2) is 23.8 Å². The molecule has 1 nitrogen and oxygen atoms in total. The topological polar surface area (TPSA) is 17.1 Å². The molecule has 0 unspecified atom stereocenters. The highest BCUT2D eigenvalue weighted by Crippen LogP contribution is 2.05. The molecule has 0 heterocycles. The minimum Gasteiger partial charge on any atom is -0.303 e. The summed E-state index contributed by atoms with van der Waals surface area (Å²) >= 11 is 0. The molecule has 0 rings (SSSR count). The van der Waals surface area contributed by atoms with E-state index in [2.05, 4.69) is 25.2 Å². The van der Waals surface area contributed by atoms with E-state index in [1.165, 1.54) is 5.57 Å². The third kappa shape index (κ3) is 5.59. The summed E-state index contributed by atoms with van der Waals surface area (Å²) in [6.45, 7) is 4.10. The summed E-state index contributed by atoms with van der Waals surface area (Å²) < 4.78 is 0. The van der Waals surface area contributed by atoms with Crippen molar-refractivity contribution < 1.29 is 4.79 Å². The summed E-state index contributed by atoms with van der Waals surface area (Å²) in [6, 6.07) is 0. The molecule has 0 aliphatic rings. The lowest BCUT2D eigenvalue weighted by Gasteiger charge is -1.95. The van der Waals surface area contributed by atoms with Crippen molar-refractivity contribution in [3.05, 3.63) is 23.8 Å². The quantitative estimate of drug-likeness (QED) is 0.437. The van der Waals surface area contributed by atoms with Crippen LogP contribution in [0.5, 0.6) is 0 Å². The van der Waals surface area contributed by atoms with E-state index in [0.29, 0.717) is 6.42 Å². The van der Waals surface area contributed by atoms with E-state index >= 15 is 0 Å². The third-order valence-corrected chi connectivity index (χ3v) is 1.49. The fraction of sp³-hybridized carbons (Fsp3) is 0.500. The average Bonchev–Trinajstić information content (AvgIpc) is 2.05. The van der Waals surface area contributed by atoms with Gasteiger partial charge in [0, 0.05) is 6.42 Å². The highest BCUT2D eigenvalue weighted by molar-refractivity contribution is 5.50. The van der Waals surface area contributed by atoms with Crippen molar-refractivity contribution in [2.75, 3.05) is 0 Å². The number of allylic oxidation sites excluding steroid dienone is 4. The highest BCUT2D eigenvalue weighted by atomic mass is 16.1. The number of hydrogen-bond donors (Lipinski definition) is 0. The molecule has 0 amide bonds. The minimum atomic E-state index is 0.633. The Kier molecular flexibility index (Phi) is 6.70. The van der Waals surface area contributed by atoms with Gasteiger partial charge in [-0.3, -0.25) is 0 Å². The Morgan fingerprint density at radius 3 is 2.64 bits per heavy atom. The second kappa shape index (κ2) is 7.26. The maximum atomic E-state index is 10.0. The van der Waals surface area contributed by atoms with E-state index in [4.69, 9.17) is 0 Å². The molecule has 0 aliphatic heterocycles. The summed E-state index contributed by atoms with van der Waals surface area (Å²) in [7, 11) is 0. The molecule has 0 bridgehead atoms. The van der Waals surface area contributed by atoms with Crippen LogP contribution in [0.25, 0.3) is 0 Å². The molecular weight excluding hydrogens is 136 g/mol. The zero-order valence-electron chi connectivity index (χ0n) is 7.34. The van der Waals surface area contributed by atoms with Crippen molar-refractivity contribution in [3.8, 4) is 0 Å². The van der Waals surface area contributed by atoms with Gasteiger partial charge in [0.05, 0.1) is 0 Å². The third-order valence-electron chi connectivity index (χ3n) is 1.49. The van der Waals surface area contributed by atoms with Gasteiger partial charge in [-0.15, -0.1) is 0 Å². The van der Waals surface area contributed by atoms with E-state index in [9.17, 15) is 4.79 Å². The van der Waals surface area contributed by atoms with Gasteiger partial charge in [-0.2, -0.15) is 0 Å². The van der Waals surface area contributed by atoms with Crippen molar-refractivity contribution in [2.24, 2.45) is 0 Å². The second-order valence-corrected chi connectivity index (χ2v) is 2.38. The van der Waals surface area contributed by atoms with Gasteiger partial charge in [-0.1, -0.05) is 30.7 Å². The second-order valence-electron chi connectivity index (χ2n) is 2.38. The SMILES string of the molecule is C/C=C(\C=C/CC)CCC=O. The molecule has 1 heteroatoms. The molecule has 0 saturated carbocycles. The first-order chi connectivity index (χ1) is 5.35. The molecule has 0 aliphatic carbocycles. The summed E-state index contributed by atoms with van der Waals surface area (Å²) in [4.78, 5) is 10.0. The number of hydrogen-bond acceptors (Lipinski definition) is 1. The Labute approximate surface area is 68.8 Å². The van der Waals surface area contributed by atoms with Gasteiger partial charge in [0.1, 0.15) is 6.29 Å². The van der Waals surface area contributed by atoms with E-state index in [-0.39, 0.29) is 0 Å². The molecule has 0 aromatic rings. The van der Waals surface area contributed by atoms with Crippen LogP contribution in [0.3, 0.4) is 0 Å². The van der Waals surface area contributed by atoms with Gasteiger partial charge >= 0.3 is 0 Å². The fourth-order valence-electron chi connectivity index (χ4n) is 0.819. The normalized spacial score (nSPS) is 12.4. The van der Waals surface area contributed by atoms with Gasteiger partial charge in [-0.05, 0) is 19.8 Å². The van der Waals surface area contributed by atoms with Gasteiger partial charge in [0.2, 0.25) is 0 Å². The van der Waals surface area contributed by atoms with Crippen molar-refractivity contribution in [1.82, 2.24) is 0 Å². The Morgan fingerprint density at radius 1 is 1.45 bits per heavy atom. The predicted molar refractivity (Wildman–Crippen MR) is 48.5 cm³/mol.